The van der Waals surface area contributed by atoms with E-state index >= 15 is 0 Å². The maximum absolute atomic E-state index is 12.2. The van der Waals surface area contributed by atoms with Crippen molar-refractivity contribution >= 4 is 11.0 Å². The minimum absolute atomic E-state index is 0.145. The van der Waals surface area contributed by atoms with Crippen molar-refractivity contribution in [2.45, 2.75) is 0 Å². The molecule has 0 aliphatic heterocycles. The Morgan fingerprint density at radius 2 is 2.00 bits per heavy atom. The molecule has 0 amide bonds. The molecule has 5 heteroatoms. The molecule has 3 aromatic rings. The van der Waals surface area contributed by atoms with E-state index in [1.54, 1.807) is 42.6 Å². The van der Waals surface area contributed by atoms with Crippen LogP contribution in [0.4, 0.5) is 0 Å². The van der Waals surface area contributed by atoms with Gasteiger partial charge in [-0.15, -0.1) is 0 Å². The van der Waals surface area contributed by atoms with E-state index in [1.807, 2.05) is 0 Å². The van der Waals surface area contributed by atoms with Gasteiger partial charge >= 0.3 is 0 Å². The van der Waals surface area contributed by atoms with Crippen LogP contribution in [0.3, 0.4) is 0 Å². The molecule has 20 heavy (non-hydrogen) atoms. The zero-order valence-electron chi connectivity index (χ0n) is 10.8. The summed E-state index contributed by atoms with van der Waals surface area (Å²) in [7, 11) is 1.52. The minimum Gasteiger partial charge on any atom is -0.505 e. The summed E-state index contributed by atoms with van der Waals surface area (Å²) in [6, 6.07) is 10.4. The van der Waals surface area contributed by atoms with Crippen molar-refractivity contribution in [1.82, 2.24) is 9.97 Å². The maximum Gasteiger partial charge on any atom is 0.260 e. The lowest BCUT2D eigenvalue weighted by molar-refractivity contribution is 0.415. The minimum atomic E-state index is -0.382. The third-order valence-electron chi connectivity index (χ3n) is 3.12. The Balaban J connectivity index is 2.40. The van der Waals surface area contributed by atoms with E-state index in [9.17, 15) is 9.90 Å². The van der Waals surface area contributed by atoms with Gasteiger partial charge in [-0.3, -0.25) is 9.78 Å². The predicted octanol–water partition coefficient (Wildman–Crippen LogP) is 2.30. The molecule has 0 saturated heterocycles. The number of rotatable bonds is 2. The molecule has 3 rings (SSSR count). The SMILES string of the molecule is COc1ccccc1-c1c(O)c2ncccc2[nH]c1=O. The molecule has 0 radical (unpaired) electrons. The van der Waals surface area contributed by atoms with Crippen molar-refractivity contribution in [1.29, 1.82) is 0 Å². The van der Waals surface area contributed by atoms with Gasteiger partial charge in [-0.05, 0) is 18.2 Å². The van der Waals surface area contributed by atoms with Crippen LogP contribution in [-0.2, 0) is 0 Å². The van der Waals surface area contributed by atoms with Gasteiger partial charge in [0.15, 0.2) is 5.75 Å². The highest BCUT2D eigenvalue weighted by atomic mass is 16.5. The number of methoxy groups -OCH3 is 1. The first-order chi connectivity index (χ1) is 9.72. The largest absolute Gasteiger partial charge is 0.505 e. The third kappa shape index (κ3) is 1.80. The van der Waals surface area contributed by atoms with Crippen molar-refractivity contribution in [2.24, 2.45) is 0 Å². The molecule has 0 saturated carbocycles. The third-order valence-corrected chi connectivity index (χ3v) is 3.12. The number of fused-ring (bicyclic) bond motifs is 1. The number of nitrogens with zero attached hydrogens (tertiary/aromatic N) is 1. The fourth-order valence-electron chi connectivity index (χ4n) is 2.21. The molecule has 5 nitrogen and oxygen atoms in total. The number of aromatic hydroxyl groups is 1. The summed E-state index contributed by atoms with van der Waals surface area (Å²) >= 11 is 0. The Kier molecular flexibility index (Phi) is 2.87. The monoisotopic (exact) mass is 268 g/mol. The number of pyridine rings is 2. The number of ether oxygens (including phenoxy) is 1. The second kappa shape index (κ2) is 4.70. The van der Waals surface area contributed by atoms with Gasteiger partial charge in [0, 0.05) is 11.8 Å². The zero-order valence-corrected chi connectivity index (χ0v) is 10.8. The van der Waals surface area contributed by atoms with E-state index in [1.165, 1.54) is 7.11 Å². The van der Waals surface area contributed by atoms with Crippen molar-refractivity contribution < 1.29 is 9.84 Å². The van der Waals surface area contributed by atoms with Crippen molar-refractivity contribution in [3.05, 3.63) is 52.9 Å². The number of aromatic amines is 1. The van der Waals surface area contributed by atoms with Crippen LogP contribution in [0.1, 0.15) is 0 Å². The topological polar surface area (TPSA) is 75.2 Å². The summed E-state index contributed by atoms with van der Waals surface area (Å²) in [6.45, 7) is 0. The standard InChI is InChI=1S/C15H12N2O3/c1-20-11-7-3-2-5-9(11)12-14(18)13-10(17-15(12)19)6-4-8-16-13/h2-8H,1H3,(H2,17,18,19). The molecule has 0 spiro atoms. The molecule has 2 heterocycles. The van der Waals surface area contributed by atoms with E-state index in [2.05, 4.69) is 9.97 Å². The van der Waals surface area contributed by atoms with Crippen LogP contribution in [0.5, 0.6) is 11.5 Å². The number of hydrogen-bond acceptors (Lipinski definition) is 4. The van der Waals surface area contributed by atoms with E-state index < -0.39 is 0 Å². The van der Waals surface area contributed by atoms with Crippen LogP contribution in [0.15, 0.2) is 47.4 Å². The Morgan fingerprint density at radius 1 is 1.20 bits per heavy atom. The van der Waals surface area contributed by atoms with Crippen molar-refractivity contribution in [3.63, 3.8) is 0 Å². The first-order valence-corrected chi connectivity index (χ1v) is 6.05. The molecule has 0 atom stereocenters. The molecule has 0 fully saturated rings. The van der Waals surface area contributed by atoms with Crippen molar-refractivity contribution in [2.75, 3.05) is 7.11 Å². The smallest absolute Gasteiger partial charge is 0.260 e. The first-order valence-electron chi connectivity index (χ1n) is 6.05. The Bertz CT molecular complexity index is 840. The Labute approximate surface area is 114 Å². The molecular weight excluding hydrogens is 256 g/mol. The summed E-state index contributed by atoms with van der Waals surface area (Å²) in [4.78, 5) is 19.0. The van der Waals surface area contributed by atoms with E-state index in [0.717, 1.165) is 0 Å². The molecule has 0 bridgehead atoms. The summed E-state index contributed by atoms with van der Waals surface area (Å²) in [5.74, 6) is 0.373. The Hall–Kier alpha value is -2.82. The van der Waals surface area contributed by atoms with Gasteiger partial charge < -0.3 is 14.8 Å². The number of nitrogens with one attached hydrogen (secondary N) is 1. The fraction of sp³-hybridized carbons (Fsp3) is 0.0667. The fourth-order valence-corrected chi connectivity index (χ4v) is 2.21. The van der Waals surface area contributed by atoms with E-state index in [-0.39, 0.29) is 16.9 Å². The lowest BCUT2D eigenvalue weighted by atomic mass is 10.0. The summed E-state index contributed by atoms with van der Waals surface area (Å²) in [6.07, 6.45) is 1.56. The highest BCUT2D eigenvalue weighted by Crippen LogP contribution is 2.35. The molecule has 0 aliphatic rings. The number of para-hydroxylation sites is 1. The van der Waals surface area contributed by atoms with Crippen LogP contribution in [0.2, 0.25) is 0 Å². The summed E-state index contributed by atoms with van der Waals surface area (Å²) in [5, 5.41) is 10.4. The predicted molar refractivity (Wildman–Crippen MR) is 76.0 cm³/mol. The number of benzene rings is 1. The molecule has 1 aromatic carbocycles. The van der Waals surface area contributed by atoms with Crippen LogP contribution in [-0.4, -0.2) is 22.2 Å². The van der Waals surface area contributed by atoms with Gasteiger partial charge in [0.25, 0.3) is 5.56 Å². The molecule has 100 valence electrons. The molecule has 0 aliphatic carbocycles. The Morgan fingerprint density at radius 3 is 2.80 bits per heavy atom. The van der Waals surface area contributed by atoms with Gasteiger partial charge in [0.1, 0.15) is 11.3 Å². The maximum atomic E-state index is 12.2. The second-order valence-electron chi connectivity index (χ2n) is 4.28. The lowest BCUT2D eigenvalue weighted by Crippen LogP contribution is -2.10. The van der Waals surface area contributed by atoms with Gasteiger partial charge in [-0.2, -0.15) is 0 Å². The molecular formula is C15H12N2O3. The number of H-pyrrole nitrogens is 1. The highest BCUT2D eigenvalue weighted by Gasteiger charge is 2.17. The molecule has 0 unspecified atom stereocenters. The van der Waals surface area contributed by atoms with E-state index in [0.29, 0.717) is 22.3 Å². The van der Waals surface area contributed by atoms with Crippen LogP contribution in [0.25, 0.3) is 22.2 Å². The van der Waals surface area contributed by atoms with Crippen LogP contribution in [0, 0.1) is 0 Å². The summed E-state index contributed by atoms with van der Waals surface area (Å²) < 4.78 is 5.24. The van der Waals surface area contributed by atoms with Gasteiger partial charge in [0.05, 0.1) is 18.2 Å². The van der Waals surface area contributed by atoms with Gasteiger partial charge in [0.2, 0.25) is 0 Å². The average Bonchev–Trinajstić information content (AvgIpc) is 2.48. The zero-order chi connectivity index (χ0) is 14.1. The average molecular weight is 268 g/mol. The molecule has 2 N–H and O–H groups in total. The van der Waals surface area contributed by atoms with Crippen molar-refractivity contribution in [3.8, 4) is 22.6 Å². The number of aromatic nitrogens is 2. The second-order valence-corrected chi connectivity index (χ2v) is 4.28. The molecule has 2 aromatic heterocycles. The highest BCUT2D eigenvalue weighted by molar-refractivity contribution is 5.89. The van der Waals surface area contributed by atoms with Gasteiger partial charge in [-0.25, -0.2) is 0 Å². The van der Waals surface area contributed by atoms with E-state index in [4.69, 9.17) is 4.74 Å². The summed E-state index contributed by atoms with van der Waals surface area (Å²) in [5.41, 5.74) is 1.16. The van der Waals surface area contributed by atoms with Crippen LogP contribution >= 0.6 is 0 Å². The number of hydrogen-bond donors (Lipinski definition) is 2. The van der Waals surface area contributed by atoms with Crippen LogP contribution < -0.4 is 10.3 Å². The first kappa shape index (κ1) is 12.2. The lowest BCUT2D eigenvalue weighted by Gasteiger charge is -2.10. The van der Waals surface area contributed by atoms with Gasteiger partial charge in [-0.1, -0.05) is 18.2 Å². The normalized spacial score (nSPS) is 10.7. The quantitative estimate of drug-likeness (QED) is 0.747.